The van der Waals surface area contributed by atoms with Crippen LogP contribution >= 0.6 is 0 Å². The number of aliphatic hydroxyl groups is 2. The minimum atomic E-state index is -0.287. The monoisotopic (exact) mass is 228 g/mol. The number of rotatable bonds is 8. The van der Waals surface area contributed by atoms with Crippen molar-refractivity contribution >= 4 is 6.29 Å². The topological polar surface area (TPSA) is 57.5 Å². The van der Waals surface area contributed by atoms with Crippen molar-refractivity contribution in [2.24, 2.45) is 11.8 Å². The first-order valence-electron chi connectivity index (χ1n) is 6.52. The SMILES string of the molecule is O=CCCCCCC[C@H]1CC[C@@H](O)[C@@H]1CO. The minimum absolute atomic E-state index is 0.106. The Morgan fingerprint density at radius 1 is 1.12 bits per heavy atom. The molecule has 1 saturated carbocycles. The van der Waals surface area contributed by atoms with Crippen LogP contribution in [0.3, 0.4) is 0 Å². The standard InChI is InChI=1S/C13H24O3/c14-9-5-3-1-2-4-6-11-7-8-13(16)12(11)10-15/h9,11-13,15-16H,1-8,10H2/t11-,12+,13+/m0/s1. The Balaban J connectivity index is 2.06. The van der Waals surface area contributed by atoms with Gasteiger partial charge in [0.25, 0.3) is 0 Å². The molecule has 3 heteroatoms. The predicted molar refractivity (Wildman–Crippen MR) is 63.1 cm³/mol. The van der Waals surface area contributed by atoms with E-state index in [-0.39, 0.29) is 18.6 Å². The summed E-state index contributed by atoms with van der Waals surface area (Å²) in [5.41, 5.74) is 0. The molecule has 0 aromatic carbocycles. The highest BCUT2D eigenvalue weighted by molar-refractivity contribution is 5.48. The molecule has 1 fully saturated rings. The summed E-state index contributed by atoms with van der Waals surface area (Å²) in [5.74, 6) is 0.612. The lowest BCUT2D eigenvalue weighted by molar-refractivity contribution is -0.107. The molecule has 0 saturated heterocycles. The van der Waals surface area contributed by atoms with Gasteiger partial charge in [0.2, 0.25) is 0 Å². The third-order valence-corrected chi connectivity index (χ3v) is 3.79. The fourth-order valence-electron chi connectivity index (χ4n) is 2.74. The second kappa shape index (κ2) is 7.80. The van der Waals surface area contributed by atoms with Gasteiger partial charge in [-0.3, -0.25) is 0 Å². The number of carbonyl (C=O) groups is 1. The van der Waals surface area contributed by atoms with Gasteiger partial charge in [-0.25, -0.2) is 0 Å². The second-order valence-corrected chi connectivity index (χ2v) is 4.91. The zero-order valence-electron chi connectivity index (χ0n) is 9.98. The summed E-state index contributed by atoms with van der Waals surface area (Å²) in [5, 5.41) is 18.8. The maximum Gasteiger partial charge on any atom is 0.119 e. The number of hydrogen-bond acceptors (Lipinski definition) is 3. The van der Waals surface area contributed by atoms with E-state index in [4.69, 9.17) is 0 Å². The van der Waals surface area contributed by atoms with Crippen LogP contribution in [0.25, 0.3) is 0 Å². The van der Waals surface area contributed by atoms with Crippen molar-refractivity contribution in [3.8, 4) is 0 Å². The lowest BCUT2D eigenvalue weighted by atomic mass is 9.90. The van der Waals surface area contributed by atoms with Crippen LogP contribution in [0.4, 0.5) is 0 Å². The van der Waals surface area contributed by atoms with E-state index in [9.17, 15) is 15.0 Å². The average molecular weight is 228 g/mol. The number of aliphatic hydroxyl groups excluding tert-OH is 2. The molecule has 0 unspecified atom stereocenters. The first kappa shape index (κ1) is 13.7. The van der Waals surface area contributed by atoms with Crippen molar-refractivity contribution in [1.82, 2.24) is 0 Å². The van der Waals surface area contributed by atoms with Gasteiger partial charge in [0, 0.05) is 18.9 Å². The van der Waals surface area contributed by atoms with Gasteiger partial charge in [0.05, 0.1) is 6.10 Å². The molecule has 0 aromatic heterocycles. The highest BCUT2D eigenvalue weighted by atomic mass is 16.3. The molecule has 0 spiro atoms. The zero-order chi connectivity index (χ0) is 11.8. The largest absolute Gasteiger partial charge is 0.396 e. The van der Waals surface area contributed by atoms with Crippen LogP contribution in [0.1, 0.15) is 51.4 Å². The van der Waals surface area contributed by atoms with Gasteiger partial charge in [-0.15, -0.1) is 0 Å². The van der Waals surface area contributed by atoms with Gasteiger partial charge in [-0.2, -0.15) is 0 Å². The smallest absolute Gasteiger partial charge is 0.119 e. The Labute approximate surface area is 97.9 Å². The Hall–Kier alpha value is -0.410. The molecule has 1 rings (SSSR count). The summed E-state index contributed by atoms with van der Waals surface area (Å²) in [7, 11) is 0. The maximum absolute atomic E-state index is 10.1. The van der Waals surface area contributed by atoms with Gasteiger partial charge >= 0.3 is 0 Å². The second-order valence-electron chi connectivity index (χ2n) is 4.91. The highest BCUT2D eigenvalue weighted by Gasteiger charge is 2.33. The molecule has 16 heavy (non-hydrogen) atoms. The Morgan fingerprint density at radius 2 is 1.88 bits per heavy atom. The van der Waals surface area contributed by atoms with Crippen molar-refractivity contribution in [3.05, 3.63) is 0 Å². The summed E-state index contributed by atoms with van der Waals surface area (Å²) < 4.78 is 0. The van der Waals surface area contributed by atoms with Crippen molar-refractivity contribution in [1.29, 1.82) is 0 Å². The summed E-state index contributed by atoms with van der Waals surface area (Å²) >= 11 is 0. The molecular weight excluding hydrogens is 204 g/mol. The zero-order valence-corrected chi connectivity index (χ0v) is 9.98. The molecule has 3 nitrogen and oxygen atoms in total. The van der Waals surface area contributed by atoms with Crippen LogP contribution in [0.15, 0.2) is 0 Å². The van der Waals surface area contributed by atoms with Gasteiger partial charge < -0.3 is 15.0 Å². The molecule has 2 N–H and O–H groups in total. The van der Waals surface area contributed by atoms with E-state index < -0.39 is 0 Å². The lowest BCUT2D eigenvalue weighted by Crippen LogP contribution is -2.22. The molecule has 0 amide bonds. The van der Waals surface area contributed by atoms with Gasteiger partial charge in [-0.1, -0.05) is 19.3 Å². The Kier molecular flexibility index (Phi) is 6.65. The number of hydrogen-bond donors (Lipinski definition) is 2. The van der Waals surface area contributed by atoms with Gasteiger partial charge in [0.1, 0.15) is 6.29 Å². The van der Waals surface area contributed by atoms with Crippen LogP contribution in [0.5, 0.6) is 0 Å². The fraction of sp³-hybridized carbons (Fsp3) is 0.923. The van der Waals surface area contributed by atoms with Gasteiger partial charge in [0.15, 0.2) is 0 Å². The van der Waals surface area contributed by atoms with Crippen LogP contribution in [0, 0.1) is 11.8 Å². The number of carbonyl (C=O) groups excluding carboxylic acids is 1. The molecule has 1 aliphatic rings. The van der Waals surface area contributed by atoms with Crippen LogP contribution in [0.2, 0.25) is 0 Å². The summed E-state index contributed by atoms with van der Waals surface area (Å²) in [6.07, 6.45) is 8.84. The van der Waals surface area contributed by atoms with Crippen molar-refractivity contribution in [2.75, 3.05) is 6.61 Å². The Bertz CT molecular complexity index is 194. The molecular formula is C13H24O3. The van der Waals surface area contributed by atoms with E-state index in [0.29, 0.717) is 12.3 Å². The molecule has 0 aromatic rings. The number of aldehydes is 1. The van der Waals surface area contributed by atoms with Crippen LogP contribution < -0.4 is 0 Å². The molecule has 94 valence electrons. The van der Waals surface area contributed by atoms with E-state index in [1.807, 2.05) is 0 Å². The van der Waals surface area contributed by atoms with E-state index in [1.165, 1.54) is 6.42 Å². The minimum Gasteiger partial charge on any atom is -0.396 e. The van der Waals surface area contributed by atoms with Crippen molar-refractivity contribution in [2.45, 2.75) is 57.5 Å². The molecule has 0 bridgehead atoms. The first-order chi connectivity index (χ1) is 7.79. The molecule has 1 aliphatic carbocycles. The maximum atomic E-state index is 10.1. The fourth-order valence-corrected chi connectivity index (χ4v) is 2.74. The normalized spacial score (nSPS) is 29.5. The quantitative estimate of drug-likeness (QED) is 0.493. The number of unbranched alkanes of at least 4 members (excludes halogenated alkanes) is 4. The average Bonchev–Trinajstić information content (AvgIpc) is 2.64. The lowest BCUT2D eigenvalue weighted by Gasteiger charge is -2.19. The highest BCUT2D eigenvalue weighted by Crippen LogP contribution is 2.35. The van der Waals surface area contributed by atoms with Crippen LogP contribution in [-0.2, 0) is 4.79 Å². The predicted octanol–water partition coefficient (Wildman–Crippen LogP) is 1.91. The third-order valence-electron chi connectivity index (χ3n) is 3.79. The first-order valence-corrected chi connectivity index (χ1v) is 6.52. The molecule has 0 heterocycles. The summed E-state index contributed by atoms with van der Waals surface area (Å²) in [6, 6.07) is 0. The molecule has 3 atom stereocenters. The summed E-state index contributed by atoms with van der Waals surface area (Å²) in [6.45, 7) is 0.122. The van der Waals surface area contributed by atoms with Crippen LogP contribution in [-0.4, -0.2) is 29.2 Å². The van der Waals surface area contributed by atoms with Crippen molar-refractivity contribution < 1.29 is 15.0 Å². The van der Waals surface area contributed by atoms with E-state index >= 15 is 0 Å². The van der Waals surface area contributed by atoms with Crippen molar-refractivity contribution in [3.63, 3.8) is 0 Å². The van der Waals surface area contributed by atoms with E-state index in [0.717, 1.165) is 44.8 Å². The third kappa shape index (κ3) is 4.22. The molecule has 0 radical (unpaired) electrons. The van der Waals surface area contributed by atoms with E-state index in [1.54, 1.807) is 0 Å². The molecule has 0 aliphatic heterocycles. The Morgan fingerprint density at radius 3 is 2.56 bits per heavy atom. The van der Waals surface area contributed by atoms with Gasteiger partial charge in [-0.05, 0) is 31.6 Å². The van der Waals surface area contributed by atoms with E-state index in [2.05, 4.69) is 0 Å². The summed E-state index contributed by atoms with van der Waals surface area (Å²) in [4.78, 5) is 10.1.